The Balaban J connectivity index is 0.00000361. The van der Waals surface area contributed by atoms with Crippen LogP contribution in [0.2, 0.25) is 0 Å². The summed E-state index contributed by atoms with van der Waals surface area (Å²) in [6, 6.07) is 19.5. The summed E-state index contributed by atoms with van der Waals surface area (Å²) in [6.07, 6.45) is 2.53. The molecule has 0 bridgehead atoms. The van der Waals surface area contributed by atoms with E-state index in [0.717, 1.165) is 27.6 Å². The Bertz CT molecular complexity index is 1370. The predicted molar refractivity (Wildman–Crippen MR) is 135 cm³/mol. The fourth-order valence-electron chi connectivity index (χ4n) is 4.21. The molecule has 0 amide bonds. The Hall–Kier alpha value is -3.58. The first-order chi connectivity index (χ1) is 17.0. The number of Topliss-reactive ketones (excluding diaryl/α,β-unsaturated/α-hetero) is 1. The molecule has 1 aromatic heterocycles. The second-order valence-electron chi connectivity index (χ2n) is 8.34. The van der Waals surface area contributed by atoms with E-state index in [4.69, 9.17) is 18.9 Å². The van der Waals surface area contributed by atoms with Gasteiger partial charge in [0.25, 0.3) is 0 Å². The SMILES string of the molecule is COc1ccc(Cc2c3cc(OC)c(OC)cc3cc[n+]2CC(=O)c2ccc(C)cc2)cc1OC.[Br-]. The minimum Gasteiger partial charge on any atom is -1.00 e. The number of ketones is 1. The molecule has 0 aliphatic rings. The number of carbonyl (C=O) groups is 1. The van der Waals surface area contributed by atoms with Crippen LogP contribution in [0, 0.1) is 6.92 Å². The average molecular weight is 552 g/mol. The Morgan fingerprint density at radius 2 is 1.36 bits per heavy atom. The number of ether oxygens (including phenoxy) is 4. The number of hydrogen-bond donors (Lipinski definition) is 0. The summed E-state index contributed by atoms with van der Waals surface area (Å²) in [5, 5.41) is 1.98. The van der Waals surface area contributed by atoms with Gasteiger partial charge in [0.05, 0.1) is 40.2 Å². The molecule has 0 N–H and O–H groups in total. The summed E-state index contributed by atoms with van der Waals surface area (Å²) in [5.41, 5.74) is 3.82. The zero-order valence-electron chi connectivity index (χ0n) is 21.1. The number of benzene rings is 3. The van der Waals surface area contributed by atoms with Crippen molar-refractivity contribution in [1.29, 1.82) is 0 Å². The number of hydrogen-bond acceptors (Lipinski definition) is 5. The first-order valence-electron chi connectivity index (χ1n) is 11.3. The molecule has 6 nitrogen and oxygen atoms in total. The highest BCUT2D eigenvalue weighted by Gasteiger charge is 2.22. The quantitative estimate of drug-likeness (QED) is 0.235. The van der Waals surface area contributed by atoms with Crippen LogP contribution in [0.15, 0.2) is 66.9 Å². The molecule has 0 unspecified atom stereocenters. The molecular weight excluding hydrogens is 522 g/mol. The molecule has 7 heteroatoms. The number of methoxy groups -OCH3 is 4. The van der Waals surface area contributed by atoms with E-state index in [1.807, 2.05) is 78.4 Å². The molecule has 0 saturated heterocycles. The van der Waals surface area contributed by atoms with Crippen molar-refractivity contribution >= 4 is 16.6 Å². The minimum atomic E-state index is 0. The van der Waals surface area contributed by atoms with E-state index in [-0.39, 0.29) is 29.3 Å². The van der Waals surface area contributed by atoms with Crippen molar-refractivity contribution in [2.45, 2.75) is 19.9 Å². The first-order valence-corrected chi connectivity index (χ1v) is 11.3. The molecule has 0 saturated carbocycles. The zero-order chi connectivity index (χ0) is 24.9. The summed E-state index contributed by atoms with van der Waals surface area (Å²) in [7, 11) is 6.48. The monoisotopic (exact) mass is 551 g/mol. The molecule has 188 valence electrons. The summed E-state index contributed by atoms with van der Waals surface area (Å²) in [5.74, 6) is 2.67. The van der Waals surface area contributed by atoms with Gasteiger partial charge in [-0.15, -0.1) is 0 Å². The molecule has 1 heterocycles. The Morgan fingerprint density at radius 3 is 2.00 bits per heavy atom. The standard InChI is InChI=1S/C29H30NO5.BrH/c1-19-6-9-21(10-7-19)25(31)18-30-13-12-22-16-28(34-4)29(35-5)17-23(22)24(30)14-20-8-11-26(32-2)27(15-20)33-3;/h6-13,15-17H,14,18H2,1-5H3;1H/q+1;/p-1. The van der Waals surface area contributed by atoms with Crippen LogP contribution < -0.4 is 40.5 Å². The van der Waals surface area contributed by atoms with Crippen LogP contribution in [0.25, 0.3) is 10.8 Å². The average Bonchev–Trinajstić information content (AvgIpc) is 2.89. The Labute approximate surface area is 222 Å². The summed E-state index contributed by atoms with van der Waals surface area (Å²) in [6.45, 7) is 2.23. The molecule has 0 radical (unpaired) electrons. The maximum absolute atomic E-state index is 13.2. The van der Waals surface area contributed by atoms with E-state index in [9.17, 15) is 4.79 Å². The van der Waals surface area contributed by atoms with E-state index in [2.05, 4.69) is 0 Å². The molecule has 0 aliphatic carbocycles. The molecule has 0 aliphatic heterocycles. The first kappa shape index (κ1) is 27.0. The van der Waals surface area contributed by atoms with Crippen LogP contribution in [-0.2, 0) is 13.0 Å². The van der Waals surface area contributed by atoms with Crippen molar-refractivity contribution in [2.24, 2.45) is 0 Å². The van der Waals surface area contributed by atoms with E-state index in [0.29, 0.717) is 35.0 Å². The molecule has 3 aromatic carbocycles. The van der Waals surface area contributed by atoms with Gasteiger partial charge < -0.3 is 35.9 Å². The number of rotatable bonds is 9. The van der Waals surface area contributed by atoms with Crippen molar-refractivity contribution < 1.29 is 45.3 Å². The van der Waals surface area contributed by atoms with E-state index < -0.39 is 0 Å². The van der Waals surface area contributed by atoms with Crippen molar-refractivity contribution in [1.82, 2.24) is 0 Å². The molecule has 0 spiro atoms. The molecular formula is C29H30BrNO5. The maximum Gasteiger partial charge on any atom is 0.227 e. The van der Waals surface area contributed by atoms with Crippen LogP contribution in [0.3, 0.4) is 0 Å². The number of fused-ring (bicyclic) bond motifs is 1. The van der Waals surface area contributed by atoms with Gasteiger partial charge >= 0.3 is 0 Å². The van der Waals surface area contributed by atoms with Gasteiger partial charge in [-0.25, -0.2) is 0 Å². The van der Waals surface area contributed by atoms with Gasteiger partial charge in [0.15, 0.2) is 34.9 Å². The van der Waals surface area contributed by atoms with Gasteiger partial charge in [-0.05, 0) is 42.1 Å². The number of aromatic nitrogens is 1. The van der Waals surface area contributed by atoms with E-state index in [1.165, 1.54) is 0 Å². The minimum absolute atomic E-state index is 0. The number of nitrogens with zero attached hydrogens (tertiary/aromatic N) is 1. The summed E-state index contributed by atoms with van der Waals surface area (Å²) < 4.78 is 24.0. The highest BCUT2D eigenvalue weighted by molar-refractivity contribution is 5.95. The third-order valence-electron chi connectivity index (χ3n) is 6.15. The molecule has 0 fully saturated rings. The predicted octanol–water partition coefficient (Wildman–Crippen LogP) is 1.95. The van der Waals surface area contributed by atoms with Gasteiger partial charge in [0.1, 0.15) is 0 Å². The lowest BCUT2D eigenvalue weighted by atomic mass is 10.0. The zero-order valence-corrected chi connectivity index (χ0v) is 22.7. The summed E-state index contributed by atoms with van der Waals surface area (Å²) in [4.78, 5) is 13.2. The fourth-order valence-corrected chi connectivity index (χ4v) is 4.21. The molecule has 4 aromatic rings. The second-order valence-corrected chi connectivity index (χ2v) is 8.34. The third-order valence-corrected chi connectivity index (χ3v) is 6.15. The Morgan fingerprint density at radius 1 is 0.750 bits per heavy atom. The summed E-state index contributed by atoms with van der Waals surface area (Å²) >= 11 is 0. The van der Waals surface area contributed by atoms with Crippen molar-refractivity contribution in [3.05, 3.63) is 89.2 Å². The fraction of sp³-hybridized carbons (Fsp3) is 0.241. The Kier molecular flexibility index (Phi) is 8.93. The van der Waals surface area contributed by atoms with Crippen LogP contribution in [0.5, 0.6) is 23.0 Å². The topological polar surface area (TPSA) is 57.9 Å². The molecule has 36 heavy (non-hydrogen) atoms. The van der Waals surface area contributed by atoms with Crippen LogP contribution >= 0.6 is 0 Å². The van der Waals surface area contributed by atoms with E-state index >= 15 is 0 Å². The van der Waals surface area contributed by atoms with Crippen LogP contribution in [0.4, 0.5) is 0 Å². The number of pyridine rings is 1. The van der Waals surface area contributed by atoms with Gasteiger partial charge in [0, 0.05) is 11.6 Å². The normalized spacial score (nSPS) is 10.5. The van der Waals surface area contributed by atoms with Gasteiger partial charge in [-0.1, -0.05) is 35.9 Å². The number of aryl methyl sites for hydroxylation is 1. The molecule has 4 rings (SSSR count). The highest BCUT2D eigenvalue weighted by atomic mass is 79.9. The van der Waals surface area contributed by atoms with Crippen molar-refractivity contribution in [3.8, 4) is 23.0 Å². The highest BCUT2D eigenvalue weighted by Crippen LogP contribution is 2.34. The van der Waals surface area contributed by atoms with Gasteiger partial charge in [0.2, 0.25) is 12.3 Å². The van der Waals surface area contributed by atoms with Gasteiger partial charge in [-0.2, -0.15) is 4.57 Å². The number of halogens is 1. The van der Waals surface area contributed by atoms with Crippen molar-refractivity contribution in [3.63, 3.8) is 0 Å². The second kappa shape index (κ2) is 11.9. The smallest absolute Gasteiger partial charge is 0.227 e. The lowest BCUT2D eigenvalue weighted by molar-refractivity contribution is -0.688. The van der Waals surface area contributed by atoms with Gasteiger partial charge in [-0.3, -0.25) is 4.79 Å². The van der Waals surface area contributed by atoms with E-state index in [1.54, 1.807) is 28.4 Å². The van der Waals surface area contributed by atoms with Crippen molar-refractivity contribution in [2.75, 3.05) is 28.4 Å². The number of carbonyl (C=O) groups excluding carboxylic acids is 1. The van der Waals surface area contributed by atoms with Crippen LogP contribution in [-0.4, -0.2) is 34.2 Å². The largest absolute Gasteiger partial charge is 1.00 e. The lowest BCUT2D eigenvalue weighted by Gasteiger charge is -2.13. The lowest BCUT2D eigenvalue weighted by Crippen LogP contribution is -3.00. The van der Waals surface area contributed by atoms with Crippen LogP contribution in [0.1, 0.15) is 27.2 Å². The molecule has 0 atom stereocenters. The third kappa shape index (κ3) is 5.62. The maximum atomic E-state index is 13.2.